The molecule has 1 nitrogen and oxygen atoms in total. The molecule has 2 fully saturated rings. The van der Waals surface area contributed by atoms with E-state index in [0.29, 0.717) is 16.6 Å². The van der Waals surface area contributed by atoms with Gasteiger partial charge in [-0.15, -0.1) is 0 Å². The summed E-state index contributed by atoms with van der Waals surface area (Å²) in [5, 5.41) is 9.74. The average molecular weight is 228 g/mol. The highest BCUT2D eigenvalue weighted by atomic mass is 16.3. The molecule has 5 atom stereocenters. The van der Waals surface area contributed by atoms with Gasteiger partial charge < -0.3 is 5.11 Å². The predicted molar refractivity (Wildman–Crippen MR) is 68.0 cm³/mol. The van der Waals surface area contributed by atoms with E-state index in [1.54, 1.807) is 0 Å². The fourth-order valence-electron chi connectivity index (χ4n) is 5.48. The van der Waals surface area contributed by atoms with E-state index in [1.165, 1.54) is 24.0 Å². The molecule has 1 heteroatoms. The Labute approximate surface area is 103 Å². The standard InChI is InChI=1S/C16H20O/c1-9-14-10(2)16(14)7-11-4-5-12(17)6-13(11)15(9,3)8-16/h4-6,9-10,14,17H,7-8H2,1-3H3/t9-,10?,14+,15-,16?/m0/s1. The lowest BCUT2D eigenvalue weighted by molar-refractivity contribution is 0.260. The van der Waals surface area contributed by atoms with E-state index < -0.39 is 0 Å². The fourth-order valence-corrected chi connectivity index (χ4v) is 5.48. The van der Waals surface area contributed by atoms with Crippen LogP contribution in [0.4, 0.5) is 0 Å². The van der Waals surface area contributed by atoms with Crippen molar-refractivity contribution in [1.29, 1.82) is 0 Å². The molecule has 0 heterocycles. The Hall–Kier alpha value is -0.980. The second-order valence-corrected chi connectivity index (χ2v) is 6.95. The van der Waals surface area contributed by atoms with Crippen molar-refractivity contribution < 1.29 is 5.11 Å². The summed E-state index contributed by atoms with van der Waals surface area (Å²) < 4.78 is 0. The van der Waals surface area contributed by atoms with Crippen molar-refractivity contribution in [2.75, 3.05) is 0 Å². The number of benzene rings is 1. The van der Waals surface area contributed by atoms with Crippen molar-refractivity contribution >= 4 is 0 Å². The molecule has 0 aliphatic heterocycles. The molecule has 2 unspecified atom stereocenters. The number of hydrogen-bond donors (Lipinski definition) is 1. The lowest BCUT2D eigenvalue weighted by Crippen LogP contribution is -2.34. The number of phenols is 1. The highest BCUT2D eigenvalue weighted by molar-refractivity contribution is 5.48. The number of rotatable bonds is 0. The largest absolute Gasteiger partial charge is 0.508 e. The predicted octanol–water partition coefficient (Wildman–Crippen LogP) is 3.50. The Kier molecular flexibility index (Phi) is 1.50. The van der Waals surface area contributed by atoms with Gasteiger partial charge in [-0.3, -0.25) is 0 Å². The molecule has 17 heavy (non-hydrogen) atoms. The van der Waals surface area contributed by atoms with Crippen LogP contribution in [0.1, 0.15) is 38.3 Å². The summed E-state index contributed by atoms with van der Waals surface area (Å²) in [5.41, 5.74) is 3.84. The topological polar surface area (TPSA) is 20.2 Å². The van der Waals surface area contributed by atoms with Gasteiger partial charge in [0.15, 0.2) is 0 Å². The minimum Gasteiger partial charge on any atom is -0.508 e. The molecule has 2 saturated carbocycles. The van der Waals surface area contributed by atoms with E-state index in [2.05, 4.69) is 26.8 Å². The van der Waals surface area contributed by atoms with Gasteiger partial charge in [0.2, 0.25) is 0 Å². The van der Waals surface area contributed by atoms with Crippen molar-refractivity contribution in [3.63, 3.8) is 0 Å². The zero-order chi connectivity index (χ0) is 12.0. The van der Waals surface area contributed by atoms with Gasteiger partial charge in [0.05, 0.1) is 0 Å². The van der Waals surface area contributed by atoms with Gasteiger partial charge in [0, 0.05) is 0 Å². The van der Waals surface area contributed by atoms with Crippen molar-refractivity contribution in [3.8, 4) is 5.75 Å². The van der Waals surface area contributed by atoms with E-state index in [4.69, 9.17) is 0 Å². The first-order valence-corrected chi connectivity index (χ1v) is 6.81. The second kappa shape index (κ2) is 2.55. The van der Waals surface area contributed by atoms with Crippen LogP contribution in [0.15, 0.2) is 18.2 Å². The lowest BCUT2D eigenvalue weighted by atomic mass is 9.64. The molecule has 1 aromatic carbocycles. The van der Waals surface area contributed by atoms with Crippen LogP contribution >= 0.6 is 0 Å². The van der Waals surface area contributed by atoms with Crippen LogP contribution in [0, 0.1) is 23.2 Å². The summed E-state index contributed by atoms with van der Waals surface area (Å²) in [4.78, 5) is 0. The Morgan fingerprint density at radius 1 is 1.24 bits per heavy atom. The van der Waals surface area contributed by atoms with Crippen molar-refractivity contribution in [2.45, 2.75) is 39.0 Å². The normalized spacial score (nSPS) is 49.7. The molecule has 3 aliphatic carbocycles. The zero-order valence-corrected chi connectivity index (χ0v) is 10.8. The molecule has 3 aliphatic rings. The molecule has 1 spiro atoms. The van der Waals surface area contributed by atoms with E-state index >= 15 is 0 Å². The maximum atomic E-state index is 9.74. The number of aromatic hydroxyl groups is 1. The minimum absolute atomic E-state index is 0.309. The molecule has 0 saturated heterocycles. The van der Waals surface area contributed by atoms with Gasteiger partial charge in [-0.05, 0) is 64.7 Å². The molecule has 0 radical (unpaired) electrons. The first kappa shape index (κ1) is 9.99. The van der Waals surface area contributed by atoms with Gasteiger partial charge in [-0.25, -0.2) is 0 Å². The maximum Gasteiger partial charge on any atom is 0.115 e. The number of hydrogen-bond acceptors (Lipinski definition) is 1. The van der Waals surface area contributed by atoms with E-state index in [9.17, 15) is 5.11 Å². The second-order valence-electron chi connectivity index (χ2n) is 6.95. The minimum atomic E-state index is 0.309. The van der Waals surface area contributed by atoms with E-state index in [-0.39, 0.29) is 0 Å². The highest BCUT2D eigenvalue weighted by Crippen LogP contribution is 2.78. The van der Waals surface area contributed by atoms with E-state index in [1.807, 2.05) is 12.1 Å². The van der Waals surface area contributed by atoms with Crippen molar-refractivity contribution in [3.05, 3.63) is 29.3 Å². The summed E-state index contributed by atoms with van der Waals surface area (Å²) in [6, 6.07) is 6.04. The van der Waals surface area contributed by atoms with Crippen LogP contribution < -0.4 is 0 Å². The average Bonchev–Trinajstić information content (AvgIpc) is 2.74. The molecule has 4 rings (SSSR count). The van der Waals surface area contributed by atoms with Crippen molar-refractivity contribution in [2.24, 2.45) is 23.2 Å². The third-order valence-corrected chi connectivity index (χ3v) is 6.47. The monoisotopic (exact) mass is 228 g/mol. The smallest absolute Gasteiger partial charge is 0.115 e. The number of phenolic OH excluding ortho intramolecular Hbond substituents is 1. The van der Waals surface area contributed by atoms with Gasteiger partial charge in [0.25, 0.3) is 0 Å². The molecule has 2 bridgehead atoms. The highest BCUT2D eigenvalue weighted by Gasteiger charge is 2.74. The van der Waals surface area contributed by atoms with Crippen LogP contribution in [-0.2, 0) is 11.8 Å². The van der Waals surface area contributed by atoms with E-state index in [0.717, 1.165) is 17.8 Å². The van der Waals surface area contributed by atoms with Crippen molar-refractivity contribution in [1.82, 2.24) is 0 Å². The van der Waals surface area contributed by atoms with Gasteiger partial charge in [0.1, 0.15) is 5.75 Å². The summed E-state index contributed by atoms with van der Waals surface area (Å²) in [7, 11) is 0. The molecule has 1 aromatic rings. The lowest BCUT2D eigenvalue weighted by Gasteiger charge is -2.40. The third kappa shape index (κ3) is 0.906. The Morgan fingerprint density at radius 3 is 2.76 bits per heavy atom. The number of fused-ring (bicyclic) bond motifs is 3. The first-order valence-electron chi connectivity index (χ1n) is 6.81. The summed E-state index contributed by atoms with van der Waals surface area (Å²) in [6.45, 7) is 7.27. The van der Waals surface area contributed by atoms with Gasteiger partial charge >= 0.3 is 0 Å². The molecule has 0 amide bonds. The van der Waals surface area contributed by atoms with Crippen LogP contribution in [0.25, 0.3) is 0 Å². The van der Waals surface area contributed by atoms with Gasteiger partial charge in [-0.1, -0.05) is 26.8 Å². The first-order chi connectivity index (χ1) is 7.99. The quantitative estimate of drug-likeness (QED) is 0.720. The maximum absolute atomic E-state index is 9.74. The summed E-state index contributed by atoms with van der Waals surface area (Å²) in [5.74, 6) is 3.02. The van der Waals surface area contributed by atoms with Crippen LogP contribution in [0.2, 0.25) is 0 Å². The van der Waals surface area contributed by atoms with Crippen LogP contribution in [0.3, 0.4) is 0 Å². The third-order valence-electron chi connectivity index (χ3n) is 6.47. The fraction of sp³-hybridized carbons (Fsp3) is 0.625. The SMILES string of the molecule is CC1[C@H]2[C@H](C)[C@]3(C)CC12Cc1ccc(O)cc13. The van der Waals surface area contributed by atoms with Crippen LogP contribution in [0.5, 0.6) is 5.75 Å². The van der Waals surface area contributed by atoms with Gasteiger partial charge in [-0.2, -0.15) is 0 Å². The molecule has 1 N–H and O–H groups in total. The Morgan fingerprint density at radius 2 is 2.00 bits per heavy atom. The molecule has 0 aromatic heterocycles. The Balaban J connectivity index is 1.95. The molecular formula is C16H20O. The molecular weight excluding hydrogens is 208 g/mol. The van der Waals surface area contributed by atoms with Crippen LogP contribution in [-0.4, -0.2) is 5.11 Å². The zero-order valence-electron chi connectivity index (χ0n) is 10.8. The summed E-state index contributed by atoms with van der Waals surface area (Å²) in [6.07, 6.45) is 2.58. The summed E-state index contributed by atoms with van der Waals surface area (Å²) >= 11 is 0. The Bertz CT molecular complexity index is 520. The molecule has 90 valence electrons.